The molecule has 0 bridgehead atoms. The summed E-state index contributed by atoms with van der Waals surface area (Å²) in [6, 6.07) is 7.21. The van der Waals surface area contributed by atoms with Crippen molar-refractivity contribution in [2.45, 2.75) is 25.6 Å². The van der Waals surface area contributed by atoms with Gasteiger partial charge in [-0.15, -0.1) is 0 Å². The van der Waals surface area contributed by atoms with E-state index in [0.29, 0.717) is 56.4 Å². The zero-order valence-corrected chi connectivity index (χ0v) is 18.2. The van der Waals surface area contributed by atoms with Crippen molar-refractivity contribution in [3.8, 4) is 17.0 Å². The molecule has 0 radical (unpaired) electrons. The van der Waals surface area contributed by atoms with E-state index in [2.05, 4.69) is 9.97 Å². The lowest BCUT2D eigenvalue weighted by atomic mass is 9.97. The SMILES string of the molecule is COCCOc1ccc(-c2ncc(COCC(F)(F)F)nc2N2CCC(C(=O)O)CC2)cc1. The zero-order chi connectivity index (χ0) is 23.8. The maximum Gasteiger partial charge on any atom is 0.411 e. The van der Waals surface area contributed by atoms with E-state index in [9.17, 15) is 23.1 Å². The number of carbonyl (C=O) groups is 1. The highest BCUT2D eigenvalue weighted by atomic mass is 19.4. The summed E-state index contributed by atoms with van der Waals surface area (Å²) in [7, 11) is 1.59. The molecule has 11 heteroatoms. The third-order valence-electron chi connectivity index (χ3n) is 5.15. The molecule has 1 aromatic carbocycles. The van der Waals surface area contributed by atoms with E-state index in [-0.39, 0.29) is 12.3 Å². The largest absolute Gasteiger partial charge is 0.491 e. The average Bonchev–Trinajstić information content (AvgIpc) is 2.79. The van der Waals surface area contributed by atoms with Crippen LogP contribution in [0.3, 0.4) is 0 Å². The van der Waals surface area contributed by atoms with Crippen LogP contribution in [0.4, 0.5) is 19.0 Å². The van der Waals surface area contributed by atoms with Crippen LogP contribution in [0.25, 0.3) is 11.3 Å². The number of anilines is 1. The maximum atomic E-state index is 12.4. The molecule has 1 aliphatic rings. The minimum absolute atomic E-state index is 0.262. The number of methoxy groups -OCH3 is 1. The molecule has 0 saturated carbocycles. The van der Waals surface area contributed by atoms with Crippen LogP contribution < -0.4 is 9.64 Å². The number of carboxylic acid groups (broad SMARTS) is 1. The number of ether oxygens (including phenoxy) is 3. The van der Waals surface area contributed by atoms with E-state index in [4.69, 9.17) is 14.2 Å². The minimum atomic E-state index is -4.43. The van der Waals surface area contributed by atoms with Crippen LogP contribution in [0.5, 0.6) is 5.75 Å². The first kappa shape index (κ1) is 24.7. The van der Waals surface area contributed by atoms with Gasteiger partial charge in [0.25, 0.3) is 0 Å². The van der Waals surface area contributed by atoms with Crippen LogP contribution in [0.15, 0.2) is 30.5 Å². The lowest BCUT2D eigenvalue weighted by Crippen LogP contribution is -2.37. The van der Waals surface area contributed by atoms with Gasteiger partial charge in [0.2, 0.25) is 0 Å². The van der Waals surface area contributed by atoms with Crippen LogP contribution >= 0.6 is 0 Å². The quantitative estimate of drug-likeness (QED) is 0.528. The Labute approximate surface area is 189 Å². The molecule has 1 fully saturated rings. The highest BCUT2D eigenvalue weighted by molar-refractivity contribution is 5.74. The summed E-state index contributed by atoms with van der Waals surface area (Å²) in [6.07, 6.45) is -2.15. The second kappa shape index (κ2) is 11.3. The molecule has 0 atom stereocenters. The molecule has 2 heterocycles. The van der Waals surface area contributed by atoms with Crippen LogP contribution in [-0.2, 0) is 20.9 Å². The van der Waals surface area contributed by atoms with Gasteiger partial charge in [0, 0.05) is 25.8 Å². The number of alkyl halides is 3. The van der Waals surface area contributed by atoms with Crippen molar-refractivity contribution >= 4 is 11.8 Å². The lowest BCUT2D eigenvalue weighted by molar-refractivity contribution is -0.176. The fraction of sp³-hybridized carbons (Fsp3) is 0.500. The van der Waals surface area contributed by atoms with Crippen molar-refractivity contribution in [1.82, 2.24) is 9.97 Å². The van der Waals surface area contributed by atoms with Gasteiger partial charge in [-0.05, 0) is 37.1 Å². The van der Waals surface area contributed by atoms with Crippen molar-refractivity contribution in [1.29, 1.82) is 0 Å². The summed E-state index contributed by atoms with van der Waals surface area (Å²) in [5.74, 6) is -0.122. The van der Waals surface area contributed by atoms with Crippen molar-refractivity contribution in [2.24, 2.45) is 5.92 Å². The molecule has 1 saturated heterocycles. The summed E-state index contributed by atoms with van der Waals surface area (Å²) >= 11 is 0. The van der Waals surface area contributed by atoms with Gasteiger partial charge >= 0.3 is 12.1 Å². The minimum Gasteiger partial charge on any atom is -0.491 e. The topological polar surface area (TPSA) is 94.0 Å². The number of hydrogen-bond donors (Lipinski definition) is 1. The smallest absolute Gasteiger partial charge is 0.411 e. The van der Waals surface area contributed by atoms with Crippen molar-refractivity contribution in [3.63, 3.8) is 0 Å². The molecule has 1 aliphatic heterocycles. The Morgan fingerprint density at radius 3 is 2.48 bits per heavy atom. The standard InChI is InChI=1S/C22H26F3N3O5/c1-31-10-11-33-18-4-2-15(3-5-18)19-20(28-8-6-16(7-9-28)21(29)30)27-17(12-26-19)13-32-14-22(23,24)25/h2-5,12,16H,6-11,13-14H2,1H3,(H,29,30). The number of aromatic nitrogens is 2. The lowest BCUT2D eigenvalue weighted by Gasteiger charge is -2.32. The third kappa shape index (κ3) is 7.29. The third-order valence-corrected chi connectivity index (χ3v) is 5.15. The normalized spacial score (nSPS) is 15.0. The Bertz CT molecular complexity index is 916. The average molecular weight is 469 g/mol. The predicted octanol–water partition coefficient (Wildman–Crippen LogP) is 3.55. The molecule has 8 nitrogen and oxygen atoms in total. The number of nitrogens with zero attached hydrogens (tertiary/aromatic N) is 3. The number of hydrogen-bond acceptors (Lipinski definition) is 7. The molecule has 0 aliphatic carbocycles. The molecule has 3 rings (SSSR count). The highest BCUT2D eigenvalue weighted by Crippen LogP contribution is 2.32. The molecule has 0 amide bonds. The number of carboxylic acids is 1. The van der Waals surface area contributed by atoms with Gasteiger partial charge in [-0.3, -0.25) is 9.78 Å². The number of piperidine rings is 1. The first-order valence-corrected chi connectivity index (χ1v) is 10.5. The summed E-state index contributed by atoms with van der Waals surface area (Å²) in [4.78, 5) is 22.2. The number of rotatable bonds is 10. The van der Waals surface area contributed by atoms with E-state index in [0.717, 1.165) is 5.56 Å². The Kier molecular flexibility index (Phi) is 8.45. The fourth-order valence-corrected chi connectivity index (χ4v) is 3.47. The summed E-state index contributed by atoms with van der Waals surface area (Å²) in [6.45, 7) is 0.0546. The number of aliphatic carboxylic acids is 1. The molecular weight excluding hydrogens is 443 g/mol. The number of benzene rings is 1. The maximum absolute atomic E-state index is 12.4. The molecule has 180 valence electrons. The van der Waals surface area contributed by atoms with Crippen molar-refractivity contribution < 1.29 is 37.3 Å². The molecule has 33 heavy (non-hydrogen) atoms. The van der Waals surface area contributed by atoms with E-state index >= 15 is 0 Å². The Morgan fingerprint density at radius 1 is 1.18 bits per heavy atom. The molecule has 1 N–H and O–H groups in total. The molecular formula is C22H26F3N3O5. The van der Waals surface area contributed by atoms with Gasteiger partial charge in [0.1, 0.15) is 24.7 Å². The van der Waals surface area contributed by atoms with Crippen molar-refractivity contribution in [2.75, 3.05) is 44.9 Å². The van der Waals surface area contributed by atoms with E-state index in [1.54, 1.807) is 19.2 Å². The van der Waals surface area contributed by atoms with Crippen LogP contribution in [-0.4, -0.2) is 67.2 Å². The Hall–Kier alpha value is -2.92. The van der Waals surface area contributed by atoms with Gasteiger partial charge in [0.15, 0.2) is 5.82 Å². The second-order valence-corrected chi connectivity index (χ2v) is 7.61. The molecule has 1 aromatic heterocycles. The summed E-state index contributed by atoms with van der Waals surface area (Å²) < 4.78 is 52.5. The van der Waals surface area contributed by atoms with Crippen LogP contribution in [0.2, 0.25) is 0 Å². The molecule has 2 aromatic rings. The van der Waals surface area contributed by atoms with Gasteiger partial charge in [-0.1, -0.05) is 0 Å². The van der Waals surface area contributed by atoms with E-state index < -0.39 is 24.7 Å². The Balaban J connectivity index is 1.81. The number of halogens is 3. The predicted molar refractivity (Wildman–Crippen MR) is 113 cm³/mol. The summed E-state index contributed by atoms with van der Waals surface area (Å²) in [5, 5.41) is 9.26. The Morgan fingerprint density at radius 2 is 1.88 bits per heavy atom. The summed E-state index contributed by atoms with van der Waals surface area (Å²) in [5.41, 5.74) is 1.56. The van der Waals surface area contributed by atoms with Crippen LogP contribution in [0.1, 0.15) is 18.5 Å². The molecule has 0 spiro atoms. The molecule has 0 unspecified atom stereocenters. The van der Waals surface area contributed by atoms with Gasteiger partial charge < -0.3 is 24.2 Å². The first-order valence-electron chi connectivity index (χ1n) is 10.5. The zero-order valence-electron chi connectivity index (χ0n) is 18.2. The van der Waals surface area contributed by atoms with E-state index in [1.807, 2.05) is 17.0 Å². The van der Waals surface area contributed by atoms with Gasteiger partial charge in [-0.2, -0.15) is 13.2 Å². The second-order valence-electron chi connectivity index (χ2n) is 7.61. The van der Waals surface area contributed by atoms with E-state index in [1.165, 1.54) is 6.20 Å². The van der Waals surface area contributed by atoms with Crippen LogP contribution in [0, 0.1) is 5.92 Å². The van der Waals surface area contributed by atoms with Gasteiger partial charge in [-0.25, -0.2) is 4.98 Å². The first-order chi connectivity index (χ1) is 15.8. The monoisotopic (exact) mass is 469 g/mol. The fourth-order valence-electron chi connectivity index (χ4n) is 3.47. The van der Waals surface area contributed by atoms with Gasteiger partial charge in [0.05, 0.1) is 31.0 Å². The highest BCUT2D eigenvalue weighted by Gasteiger charge is 2.29. The van der Waals surface area contributed by atoms with Crippen molar-refractivity contribution in [3.05, 3.63) is 36.2 Å².